The summed E-state index contributed by atoms with van der Waals surface area (Å²) in [7, 11) is 1.84. The van der Waals surface area contributed by atoms with E-state index >= 15 is 0 Å². The van der Waals surface area contributed by atoms with E-state index in [2.05, 4.69) is 30.2 Å². The van der Waals surface area contributed by atoms with Crippen LogP contribution < -0.4 is 10.2 Å². The number of ether oxygens (including phenoxy) is 1. The van der Waals surface area contributed by atoms with Crippen LogP contribution in [0.25, 0.3) is 0 Å². The van der Waals surface area contributed by atoms with E-state index in [1.807, 2.05) is 20.0 Å². The predicted molar refractivity (Wildman–Crippen MR) is 79.3 cm³/mol. The standard InChI is InChI=1S/C14H18N6O/c1-10-16-4-3-12(19-10)20-7-8-21-11(9-20)13-14(15-2)18-6-5-17-13/h3-6,11H,7-9H2,1-2H3,(H,15,18). The van der Waals surface area contributed by atoms with Crippen molar-refractivity contribution in [3.63, 3.8) is 0 Å². The van der Waals surface area contributed by atoms with Crippen molar-refractivity contribution in [3.05, 3.63) is 36.2 Å². The van der Waals surface area contributed by atoms with Crippen LogP contribution in [0.1, 0.15) is 17.6 Å². The highest BCUT2D eigenvalue weighted by molar-refractivity contribution is 5.43. The van der Waals surface area contributed by atoms with Gasteiger partial charge in [0.25, 0.3) is 0 Å². The molecular weight excluding hydrogens is 268 g/mol. The van der Waals surface area contributed by atoms with Gasteiger partial charge in [0.1, 0.15) is 29.3 Å². The van der Waals surface area contributed by atoms with Crippen LogP contribution in [0, 0.1) is 6.92 Å². The van der Waals surface area contributed by atoms with Crippen LogP contribution in [0.2, 0.25) is 0 Å². The first-order valence-corrected chi connectivity index (χ1v) is 6.93. The van der Waals surface area contributed by atoms with Crippen molar-refractivity contribution in [1.29, 1.82) is 0 Å². The monoisotopic (exact) mass is 286 g/mol. The molecule has 1 aliphatic rings. The van der Waals surface area contributed by atoms with Gasteiger partial charge in [-0.25, -0.2) is 15.0 Å². The maximum Gasteiger partial charge on any atom is 0.150 e. The zero-order chi connectivity index (χ0) is 14.7. The van der Waals surface area contributed by atoms with Crippen molar-refractivity contribution in [2.24, 2.45) is 0 Å². The first-order chi connectivity index (χ1) is 10.3. The number of hydrogen-bond acceptors (Lipinski definition) is 7. The quantitative estimate of drug-likeness (QED) is 0.908. The SMILES string of the molecule is CNc1nccnc1C1CN(c2ccnc(C)n2)CCO1. The van der Waals surface area contributed by atoms with Crippen molar-refractivity contribution in [3.8, 4) is 0 Å². The number of hydrogen-bond donors (Lipinski definition) is 1. The van der Waals surface area contributed by atoms with Crippen molar-refractivity contribution < 1.29 is 4.74 Å². The van der Waals surface area contributed by atoms with Crippen molar-refractivity contribution >= 4 is 11.6 Å². The van der Waals surface area contributed by atoms with Crippen LogP contribution in [0.3, 0.4) is 0 Å². The molecule has 0 spiro atoms. The number of aryl methyl sites for hydroxylation is 1. The second-order valence-corrected chi connectivity index (χ2v) is 4.81. The fourth-order valence-corrected chi connectivity index (χ4v) is 2.42. The fraction of sp³-hybridized carbons (Fsp3) is 0.429. The van der Waals surface area contributed by atoms with Crippen molar-refractivity contribution in [1.82, 2.24) is 19.9 Å². The Morgan fingerprint density at radius 3 is 2.90 bits per heavy atom. The van der Waals surface area contributed by atoms with Gasteiger partial charge in [-0.1, -0.05) is 0 Å². The third-order valence-corrected chi connectivity index (χ3v) is 3.42. The van der Waals surface area contributed by atoms with E-state index < -0.39 is 0 Å². The molecular formula is C14H18N6O. The smallest absolute Gasteiger partial charge is 0.150 e. The third kappa shape index (κ3) is 2.92. The fourth-order valence-electron chi connectivity index (χ4n) is 2.42. The highest BCUT2D eigenvalue weighted by Gasteiger charge is 2.26. The molecule has 0 radical (unpaired) electrons. The molecule has 1 N–H and O–H groups in total. The minimum atomic E-state index is -0.120. The van der Waals surface area contributed by atoms with Gasteiger partial charge in [-0.15, -0.1) is 0 Å². The molecule has 0 saturated carbocycles. The lowest BCUT2D eigenvalue weighted by molar-refractivity contribution is 0.0370. The number of aromatic nitrogens is 4. The van der Waals surface area contributed by atoms with Gasteiger partial charge in [0.15, 0.2) is 0 Å². The van der Waals surface area contributed by atoms with Crippen molar-refractivity contribution in [2.45, 2.75) is 13.0 Å². The molecule has 0 amide bonds. The molecule has 7 heteroatoms. The maximum atomic E-state index is 5.86. The van der Waals surface area contributed by atoms with Crippen LogP contribution in [0.5, 0.6) is 0 Å². The van der Waals surface area contributed by atoms with E-state index in [9.17, 15) is 0 Å². The van der Waals surface area contributed by atoms with E-state index in [1.54, 1.807) is 18.6 Å². The first kappa shape index (κ1) is 13.7. The first-order valence-electron chi connectivity index (χ1n) is 6.93. The van der Waals surface area contributed by atoms with E-state index in [4.69, 9.17) is 4.74 Å². The van der Waals surface area contributed by atoms with Crippen LogP contribution in [0.4, 0.5) is 11.6 Å². The van der Waals surface area contributed by atoms with Gasteiger partial charge in [0.05, 0.1) is 13.2 Å². The van der Waals surface area contributed by atoms with E-state index in [1.165, 1.54) is 0 Å². The Labute approximate surface area is 123 Å². The molecule has 7 nitrogen and oxygen atoms in total. The lowest BCUT2D eigenvalue weighted by Crippen LogP contribution is -2.39. The lowest BCUT2D eigenvalue weighted by Gasteiger charge is -2.33. The molecule has 21 heavy (non-hydrogen) atoms. The molecule has 1 unspecified atom stereocenters. The Bertz CT molecular complexity index is 620. The van der Waals surface area contributed by atoms with Gasteiger partial charge < -0.3 is 15.0 Å². The summed E-state index contributed by atoms with van der Waals surface area (Å²) in [5, 5.41) is 3.06. The number of morpholine rings is 1. The molecule has 1 atom stereocenters. The van der Waals surface area contributed by atoms with Crippen LogP contribution in [-0.4, -0.2) is 46.7 Å². The molecule has 2 aromatic heterocycles. The zero-order valence-electron chi connectivity index (χ0n) is 12.2. The summed E-state index contributed by atoms with van der Waals surface area (Å²) in [6.45, 7) is 4.03. The van der Waals surface area contributed by atoms with Crippen molar-refractivity contribution in [2.75, 3.05) is 37.0 Å². The van der Waals surface area contributed by atoms with E-state index in [0.717, 1.165) is 29.7 Å². The summed E-state index contributed by atoms with van der Waals surface area (Å²) in [6, 6.07) is 1.92. The highest BCUT2D eigenvalue weighted by Crippen LogP contribution is 2.26. The summed E-state index contributed by atoms with van der Waals surface area (Å²) < 4.78 is 5.86. The zero-order valence-corrected chi connectivity index (χ0v) is 12.2. The number of anilines is 2. The molecule has 110 valence electrons. The number of nitrogens with one attached hydrogen (secondary N) is 1. The Balaban J connectivity index is 1.83. The Hall–Kier alpha value is -2.28. The maximum absolute atomic E-state index is 5.86. The Kier molecular flexibility index (Phi) is 3.92. The van der Waals surface area contributed by atoms with E-state index in [-0.39, 0.29) is 6.10 Å². The number of nitrogens with zero attached hydrogens (tertiary/aromatic N) is 5. The normalized spacial score (nSPS) is 18.6. The summed E-state index contributed by atoms with van der Waals surface area (Å²) in [5.74, 6) is 2.44. The Morgan fingerprint density at radius 2 is 2.10 bits per heavy atom. The molecule has 3 rings (SSSR count). The lowest BCUT2D eigenvalue weighted by atomic mass is 10.2. The molecule has 1 fully saturated rings. The minimum absolute atomic E-state index is 0.120. The van der Waals surface area contributed by atoms with Crippen LogP contribution in [-0.2, 0) is 4.74 Å². The van der Waals surface area contributed by atoms with Gasteiger partial charge >= 0.3 is 0 Å². The van der Waals surface area contributed by atoms with E-state index in [0.29, 0.717) is 13.2 Å². The van der Waals surface area contributed by atoms with Gasteiger partial charge in [-0.05, 0) is 13.0 Å². The largest absolute Gasteiger partial charge is 0.372 e. The molecule has 2 aromatic rings. The molecule has 0 aromatic carbocycles. The van der Waals surface area contributed by atoms with Gasteiger partial charge in [0.2, 0.25) is 0 Å². The average molecular weight is 286 g/mol. The molecule has 1 saturated heterocycles. The second-order valence-electron chi connectivity index (χ2n) is 4.81. The number of rotatable bonds is 3. The third-order valence-electron chi connectivity index (χ3n) is 3.42. The minimum Gasteiger partial charge on any atom is -0.372 e. The molecule has 0 bridgehead atoms. The van der Waals surface area contributed by atoms with Crippen LogP contribution >= 0.6 is 0 Å². The van der Waals surface area contributed by atoms with Gasteiger partial charge in [0, 0.05) is 32.2 Å². The molecule has 3 heterocycles. The topological polar surface area (TPSA) is 76.1 Å². The highest BCUT2D eigenvalue weighted by atomic mass is 16.5. The summed E-state index contributed by atoms with van der Waals surface area (Å²) in [4.78, 5) is 19.5. The van der Waals surface area contributed by atoms with Crippen LogP contribution in [0.15, 0.2) is 24.7 Å². The average Bonchev–Trinajstić information content (AvgIpc) is 2.55. The summed E-state index contributed by atoms with van der Waals surface area (Å²) >= 11 is 0. The summed E-state index contributed by atoms with van der Waals surface area (Å²) in [5.41, 5.74) is 0.829. The van der Waals surface area contributed by atoms with Gasteiger partial charge in [-0.2, -0.15) is 0 Å². The Morgan fingerprint density at radius 1 is 1.24 bits per heavy atom. The molecule has 0 aliphatic carbocycles. The molecule has 1 aliphatic heterocycles. The predicted octanol–water partition coefficient (Wildman–Crippen LogP) is 1.19. The van der Waals surface area contributed by atoms with Gasteiger partial charge in [-0.3, -0.25) is 4.98 Å². The second kappa shape index (κ2) is 6.01. The summed E-state index contributed by atoms with van der Waals surface area (Å²) in [6.07, 6.45) is 5.02.